The van der Waals surface area contributed by atoms with E-state index in [0.29, 0.717) is 12.5 Å². The number of nitrogens with zero attached hydrogens (tertiary/aromatic N) is 3. The van der Waals surface area contributed by atoms with Crippen molar-refractivity contribution in [2.24, 2.45) is 0 Å². The lowest BCUT2D eigenvalue weighted by atomic mass is 9.95. The number of ketones is 1. The molecule has 1 aromatic heterocycles. The summed E-state index contributed by atoms with van der Waals surface area (Å²) in [5.74, 6) is 0.935. The zero-order valence-electron chi connectivity index (χ0n) is 16.6. The highest BCUT2D eigenvalue weighted by Gasteiger charge is 2.23. The Morgan fingerprint density at radius 2 is 1.89 bits per heavy atom. The molecule has 3 rings (SSSR count). The van der Waals surface area contributed by atoms with E-state index in [2.05, 4.69) is 20.1 Å². The maximum atomic E-state index is 12.5. The van der Waals surface area contributed by atoms with Crippen LogP contribution in [0.2, 0.25) is 0 Å². The monoisotopic (exact) mass is 400 g/mol. The van der Waals surface area contributed by atoms with Gasteiger partial charge in [0.25, 0.3) is 0 Å². The fourth-order valence-corrected chi connectivity index (χ4v) is 4.58. The molecule has 1 aromatic carbocycles. The number of hydrogen-bond donors (Lipinski definition) is 1. The van der Waals surface area contributed by atoms with Crippen molar-refractivity contribution in [2.45, 2.75) is 69.6 Å². The van der Waals surface area contributed by atoms with Gasteiger partial charge in [-0.3, -0.25) is 9.59 Å². The lowest BCUT2D eigenvalue weighted by Crippen LogP contribution is -2.42. The Hall–Kier alpha value is -2.15. The number of Topliss-reactive ketones (excluding diaryl/α,β-unsaturated/α-hetero) is 1. The molecule has 1 amide bonds. The lowest BCUT2D eigenvalue weighted by molar-refractivity contribution is -0.125. The van der Waals surface area contributed by atoms with E-state index in [1.165, 1.54) is 37.9 Å². The average Bonchev–Trinajstić information content (AvgIpc) is 3.07. The molecular formula is C21H28N4O2S. The Morgan fingerprint density at radius 3 is 2.57 bits per heavy atom. The molecule has 1 saturated carbocycles. The number of amides is 1. The molecule has 1 N–H and O–H groups in total. The molecular weight excluding hydrogens is 372 g/mol. The van der Waals surface area contributed by atoms with E-state index in [0.717, 1.165) is 29.4 Å². The van der Waals surface area contributed by atoms with E-state index >= 15 is 0 Å². The number of hydrogen-bond acceptors (Lipinski definition) is 5. The molecule has 0 radical (unpaired) electrons. The van der Waals surface area contributed by atoms with E-state index in [-0.39, 0.29) is 17.4 Å². The fraction of sp³-hybridized carbons (Fsp3) is 0.524. The van der Waals surface area contributed by atoms with Crippen molar-refractivity contribution in [1.29, 1.82) is 0 Å². The highest BCUT2D eigenvalue weighted by molar-refractivity contribution is 7.99. The third-order valence-corrected chi connectivity index (χ3v) is 6.16. The zero-order valence-corrected chi connectivity index (χ0v) is 17.4. The summed E-state index contributed by atoms with van der Waals surface area (Å²) < 4.78 is 2.18. The van der Waals surface area contributed by atoms with Crippen LogP contribution in [0.5, 0.6) is 0 Å². The number of aromatic nitrogens is 3. The molecule has 6 nitrogen and oxygen atoms in total. The van der Waals surface area contributed by atoms with Crippen LogP contribution in [0, 0.1) is 6.92 Å². The molecule has 0 saturated heterocycles. The van der Waals surface area contributed by atoms with E-state index in [1.54, 1.807) is 0 Å². The van der Waals surface area contributed by atoms with Gasteiger partial charge in [0, 0.05) is 6.04 Å². The van der Waals surface area contributed by atoms with Gasteiger partial charge in [-0.05, 0) is 38.7 Å². The molecule has 0 aliphatic heterocycles. The van der Waals surface area contributed by atoms with Gasteiger partial charge in [0.1, 0.15) is 5.82 Å². The number of nitrogens with one attached hydrogen (secondary N) is 1. The summed E-state index contributed by atoms with van der Waals surface area (Å²) in [6, 6.07) is 9.66. The van der Waals surface area contributed by atoms with Gasteiger partial charge in [-0.2, -0.15) is 0 Å². The lowest BCUT2D eigenvalue weighted by Gasteiger charge is -2.25. The van der Waals surface area contributed by atoms with Crippen LogP contribution in [0.1, 0.15) is 56.5 Å². The smallest absolute Gasteiger partial charge is 0.231 e. The maximum Gasteiger partial charge on any atom is 0.231 e. The van der Waals surface area contributed by atoms with Gasteiger partial charge in [-0.15, -0.1) is 10.2 Å². The van der Waals surface area contributed by atoms with Gasteiger partial charge in [0.2, 0.25) is 5.91 Å². The van der Waals surface area contributed by atoms with E-state index in [1.807, 2.05) is 37.3 Å². The van der Waals surface area contributed by atoms with Gasteiger partial charge in [0.05, 0.1) is 11.8 Å². The second kappa shape index (κ2) is 9.87. The first-order valence-electron chi connectivity index (χ1n) is 9.92. The second-order valence-corrected chi connectivity index (χ2v) is 8.34. The van der Waals surface area contributed by atoms with Crippen molar-refractivity contribution >= 4 is 23.5 Å². The minimum absolute atomic E-state index is 0.0385. The van der Waals surface area contributed by atoms with Crippen LogP contribution in [0.3, 0.4) is 0 Å². The van der Waals surface area contributed by atoms with E-state index in [9.17, 15) is 9.59 Å². The predicted molar refractivity (Wildman–Crippen MR) is 110 cm³/mol. The number of carbonyl (C=O) groups excluding carboxylic acids is 2. The van der Waals surface area contributed by atoms with Crippen LogP contribution in [0.25, 0.3) is 0 Å². The Balaban J connectivity index is 1.58. The molecule has 0 spiro atoms. The first-order valence-corrected chi connectivity index (χ1v) is 10.9. The molecule has 150 valence electrons. The van der Waals surface area contributed by atoms with E-state index < -0.39 is 6.04 Å². The summed E-state index contributed by atoms with van der Waals surface area (Å²) in [7, 11) is 0. The van der Waals surface area contributed by atoms with Crippen LogP contribution in [0.4, 0.5) is 0 Å². The average molecular weight is 401 g/mol. The van der Waals surface area contributed by atoms with Crippen LogP contribution < -0.4 is 5.32 Å². The topological polar surface area (TPSA) is 76.9 Å². The zero-order chi connectivity index (χ0) is 19.9. The molecule has 28 heavy (non-hydrogen) atoms. The quantitative estimate of drug-likeness (QED) is 0.686. The van der Waals surface area contributed by atoms with Gasteiger partial charge in [-0.1, -0.05) is 61.4 Å². The standard InChI is InChI=1S/C21H28N4O2S/c1-15(26)19(13-17-9-5-3-6-10-17)22-20(27)14-28-21-24-23-16(2)25(21)18-11-7-4-8-12-18/h3,5-6,9-10,18-19H,4,7-8,11-14H2,1-2H3,(H,22,27)/t19-/m0/s1. The number of thioether (sulfide) groups is 1. The molecule has 1 aliphatic carbocycles. The third-order valence-electron chi connectivity index (χ3n) is 5.22. The maximum absolute atomic E-state index is 12.5. The summed E-state index contributed by atoms with van der Waals surface area (Å²) in [6.45, 7) is 3.49. The minimum atomic E-state index is -0.506. The van der Waals surface area contributed by atoms with Gasteiger partial charge < -0.3 is 9.88 Å². The Labute approximate surface area is 170 Å². The summed E-state index contributed by atoms with van der Waals surface area (Å²) in [6.07, 6.45) is 6.53. The summed E-state index contributed by atoms with van der Waals surface area (Å²) in [5.41, 5.74) is 1.03. The largest absolute Gasteiger partial charge is 0.345 e. The number of aryl methyl sites for hydroxylation is 1. The van der Waals surface area contributed by atoms with Crippen molar-refractivity contribution in [3.8, 4) is 0 Å². The number of rotatable bonds is 8. The SMILES string of the molecule is CC(=O)[C@H](Cc1ccccc1)NC(=O)CSc1nnc(C)n1C1CCCCC1. The minimum Gasteiger partial charge on any atom is -0.345 e. The van der Waals surface area contributed by atoms with Crippen LogP contribution >= 0.6 is 11.8 Å². The molecule has 0 unspecified atom stereocenters. The molecule has 7 heteroatoms. The third kappa shape index (κ3) is 5.44. The van der Waals surface area contributed by atoms with Crippen molar-refractivity contribution in [3.63, 3.8) is 0 Å². The van der Waals surface area contributed by atoms with Crippen molar-refractivity contribution in [3.05, 3.63) is 41.7 Å². The highest BCUT2D eigenvalue weighted by atomic mass is 32.2. The first kappa shape index (κ1) is 20.6. The number of benzene rings is 1. The Bertz CT molecular complexity index is 800. The molecule has 2 aromatic rings. The van der Waals surface area contributed by atoms with Crippen molar-refractivity contribution < 1.29 is 9.59 Å². The molecule has 1 heterocycles. The Morgan fingerprint density at radius 1 is 1.18 bits per heavy atom. The van der Waals surface area contributed by atoms with E-state index in [4.69, 9.17) is 0 Å². The Kier molecular flexibility index (Phi) is 7.25. The number of carbonyl (C=O) groups is 2. The van der Waals surface area contributed by atoms with Crippen molar-refractivity contribution in [2.75, 3.05) is 5.75 Å². The van der Waals surface area contributed by atoms with Gasteiger partial charge in [0.15, 0.2) is 10.9 Å². The highest BCUT2D eigenvalue weighted by Crippen LogP contribution is 2.32. The molecule has 0 bridgehead atoms. The van der Waals surface area contributed by atoms with Crippen molar-refractivity contribution in [1.82, 2.24) is 20.1 Å². The summed E-state index contributed by atoms with van der Waals surface area (Å²) in [5, 5.41) is 12.2. The van der Waals surface area contributed by atoms with Gasteiger partial charge >= 0.3 is 0 Å². The predicted octanol–water partition coefficient (Wildman–Crippen LogP) is 3.50. The first-order chi connectivity index (χ1) is 13.5. The fourth-order valence-electron chi connectivity index (χ4n) is 3.72. The summed E-state index contributed by atoms with van der Waals surface area (Å²) >= 11 is 1.40. The second-order valence-electron chi connectivity index (χ2n) is 7.40. The van der Waals surface area contributed by atoms with Crippen LogP contribution in [0.15, 0.2) is 35.5 Å². The summed E-state index contributed by atoms with van der Waals surface area (Å²) in [4.78, 5) is 24.4. The molecule has 1 atom stereocenters. The normalized spacial score (nSPS) is 15.9. The van der Waals surface area contributed by atoms with Crippen LogP contribution in [-0.2, 0) is 16.0 Å². The van der Waals surface area contributed by atoms with Crippen LogP contribution in [-0.4, -0.2) is 38.2 Å². The molecule has 1 fully saturated rings. The molecule has 1 aliphatic rings. The van der Waals surface area contributed by atoms with Gasteiger partial charge in [-0.25, -0.2) is 0 Å².